The van der Waals surface area contributed by atoms with Gasteiger partial charge in [-0.05, 0) is 12.2 Å². The summed E-state index contributed by atoms with van der Waals surface area (Å²) in [5, 5.41) is 8.46. The standard InChI is InChI=1S/C12H15NO4/c1-4-8-17-11(9-16-3)7-6-10(5-2)12(14)13-15/h1,5-7,15H,2,8-9H2,3H3,(H,13,14)/b10-6+,11-7+. The third-order valence-corrected chi connectivity index (χ3v) is 1.66. The van der Waals surface area contributed by atoms with Gasteiger partial charge in [0.05, 0.1) is 0 Å². The first kappa shape index (κ1) is 15.0. The average molecular weight is 237 g/mol. The van der Waals surface area contributed by atoms with Crippen molar-refractivity contribution in [3.63, 3.8) is 0 Å². The molecule has 0 unspecified atom stereocenters. The highest BCUT2D eigenvalue weighted by Gasteiger charge is 2.03. The van der Waals surface area contributed by atoms with E-state index in [4.69, 9.17) is 21.1 Å². The van der Waals surface area contributed by atoms with E-state index in [9.17, 15) is 4.79 Å². The van der Waals surface area contributed by atoms with Gasteiger partial charge in [0.15, 0.2) is 0 Å². The SMILES string of the molecule is C#CCO/C(=C/C=C(\C=C)C(=O)NO)COC. The van der Waals surface area contributed by atoms with Gasteiger partial charge in [0, 0.05) is 12.7 Å². The van der Waals surface area contributed by atoms with Crippen molar-refractivity contribution in [1.82, 2.24) is 5.48 Å². The van der Waals surface area contributed by atoms with Gasteiger partial charge in [0.2, 0.25) is 0 Å². The normalized spacial score (nSPS) is 11.6. The van der Waals surface area contributed by atoms with Crippen molar-refractivity contribution in [3.05, 3.63) is 36.1 Å². The van der Waals surface area contributed by atoms with Gasteiger partial charge in [-0.15, -0.1) is 6.42 Å². The van der Waals surface area contributed by atoms with Crippen molar-refractivity contribution in [3.8, 4) is 12.3 Å². The van der Waals surface area contributed by atoms with Crippen molar-refractivity contribution >= 4 is 5.91 Å². The van der Waals surface area contributed by atoms with Crippen molar-refractivity contribution in [2.24, 2.45) is 0 Å². The van der Waals surface area contributed by atoms with Crippen LogP contribution in [0.5, 0.6) is 0 Å². The number of rotatable bonds is 7. The fraction of sp³-hybridized carbons (Fsp3) is 0.250. The topological polar surface area (TPSA) is 67.8 Å². The third kappa shape index (κ3) is 6.20. The summed E-state index contributed by atoms with van der Waals surface area (Å²) in [5.74, 6) is 2.12. The molecule has 92 valence electrons. The number of terminal acetylenes is 1. The van der Waals surface area contributed by atoms with Crippen molar-refractivity contribution in [1.29, 1.82) is 0 Å². The fourth-order valence-electron chi connectivity index (χ4n) is 0.898. The first-order chi connectivity index (χ1) is 8.19. The molecule has 0 aromatic carbocycles. The zero-order chi connectivity index (χ0) is 13.1. The summed E-state index contributed by atoms with van der Waals surface area (Å²) in [5.41, 5.74) is 1.69. The Hall–Kier alpha value is -2.03. The molecule has 0 aliphatic carbocycles. The molecule has 0 radical (unpaired) electrons. The van der Waals surface area contributed by atoms with E-state index in [0.717, 1.165) is 0 Å². The van der Waals surface area contributed by atoms with E-state index < -0.39 is 5.91 Å². The lowest BCUT2D eigenvalue weighted by molar-refractivity contribution is -0.124. The van der Waals surface area contributed by atoms with Gasteiger partial charge in [-0.3, -0.25) is 10.0 Å². The number of methoxy groups -OCH3 is 1. The molecule has 2 N–H and O–H groups in total. The average Bonchev–Trinajstić information content (AvgIpc) is 2.35. The van der Waals surface area contributed by atoms with Crippen LogP contribution < -0.4 is 5.48 Å². The Balaban J connectivity index is 4.78. The molecule has 5 heteroatoms. The van der Waals surface area contributed by atoms with Crippen LogP contribution in [0.25, 0.3) is 0 Å². The second-order valence-corrected chi connectivity index (χ2v) is 2.83. The Morgan fingerprint density at radius 2 is 2.29 bits per heavy atom. The van der Waals surface area contributed by atoms with Gasteiger partial charge < -0.3 is 9.47 Å². The first-order valence-corrected chi connectivity index (χ1v) is 4.72. The Labute approximate surface area is 100 Å². The number of carbonyl (C=O) groups is 1. The number of ether oxygens (including phenoxy) is 2. The molecular weight excluding hydrogens is 222 g/mol. The summed E-state index contributed by atoms with van der Waals surface area (Å²) >= 11 is 0. The highest BCUT2D eigenvalue weighted by atomic mass is 16.5. The van der Waals surface area contributed by atoms with Crippen molar-refractivity contribution < 1.29 is 19.5 Å². The number of nitrogens with one attached hydrogen (secondary N) is 1. The van der Waals surface area contributed by atoms with Crippen LogP contribution in [0.2, 0.25) is 0 Å². The molecule has 1 amide bonds. The predicted octanol–water partition coefficient (Wildman–Crippen LogP) is 0.784. The van der Waals surface area contributed by atoms with Gasteiger partial charge in [0.25, 0.3) is 5.91 Å². The van der Waals surface area contributed by atoms with Gasteiger partial charge in [0.1, 0.15) is 19.0 Å². The lowest BCUT2D eigenvalue weighted by atomic mass is 10.2. The van der Waals surface area contributed by atoms with Gasteiger partial charge in [-0.1, -0.05) is 18.6 Å². The molecule has 5 nitrogen and oxygen atoms in total. The monoisotopic (exact) mass is 237 g/mol. The van der Waals surface area contributed by atoms with E-state index >= 15 is 0 Å². The number of amides is 1. The lowest BCUT2D eigenvalue weighted by Gasteiger charge is -2.05. The van der Waals surface area contributed by atoms with Gasteiger partial charge in [-0.2, -0.15) is 0 Å². The molecule has 0 saturated heterocycles. The molecule has 0 heterocycles. The number of carbonyl (C=O) groups excluding carboxylic acids is 1. The molecule has 0 fully saturated rings. The zero-order valence-electron chi connectivity index (χ0n) is 9.60. The van der Waals surface area contributed by atoms with Gasteiger partial charge in [-0.25, -0.2) is 5.48 Å². The molecule has 0 rings (SSSR count). The number of hydroxylamine groups is 1. The maximum atomic E-state index is 11.1. The van der Waals surface area contributed by atoms with E-state index in [2.05, 4.69) is 12.5 Å². The van der Waals surface area contributed by atoms with E-state index in [1.165, 1.54) is 30.8 Å². The molecule has 0 aliphatic rings. The van der Waals surface area contributed by atoms with Crippen LogP contribution in [0.3, 0.4) is 0 Å². The Bertz CT molecular complexity index is 363. The lowest BCUT2D eigenvalue weighted by Crippen LogP contribution is -2.19. The maximum absolute atomic E-state index is 11.1. The van der Waals surface area contributed by atoms with Crippen LogP contribution in [0.15, 0.2) is 36.1 Å². The molecule has 0 spiro atoms. The van der Waals surface area contributed by atoms with Gasteiger partial charge >= 0.3 is 0 Å². The predicted molar refractivity (Wildman–Crippen MR) is 63.0 cm³/mol. The largest absolute Gasteiger partial charge is 0.483 e. The highest BCUT2D eigenvalue weighted by Crippen LogP contribution is 2.02. The van der Waals surface area contributed by atoms with Crippen LogP contribution in [0.4, 0.5) is 0 Å². The van der Waals surface area contributed by atoms with Crippen LogP contribution in [-0.2, 0) is 14.3 Å². The summed E-state index contributed by atoms with van der Waals surface area (Å²) in [7, 11) is 1.51. The van der Waals surface area contributed by atoms with Crippen molar-refractivity contribution in [2.45, 2.75) is 0 Å². The summed E-state index contributed by atoms with van der Waals surface area (Å²) in [4.78, 5) is 11.1. The first-order valence-electron chi connectivity index (χ1n) is 4.72. The second-order valence-electron chi connectivity index (χ2n) is 2.83. The number of hydrogen-bond donors (Lipinski definition) is 2. The molecule has 0 bridgehead atoms. The van der Waals surface area contributed by atoms with E-state index in [1.54, 1.807) is 0 Å². The maximum Gasteiger partial charge on any atom is 0.274 e. The smallest absolute Gasteiger partial charge is 0.274 e. The quantitative estimate of drug-likeness (QED) is 0.171. The molecule has 0 aromatic rings. The minimum atomic E-state index is -0.662. The number of allylic oxidation sites excluding steroid dienone is 2. The molecule has 0 saturated carbocycles. The molecule has 0 aromatic heterocycles. The fourth-order valence-corrected chi connectivity index (χ4v) is 0.898. The summed E-state index contributed by atoms with van der Waals surface area (Å²) in [6.07, 6.45) is 9.31. The Morgan fingerprint density at radius 1 is 1.59 bits per heavy atom. The van der Waals surface area contributed by atoms with Crippen LogP contribution in [0, 0.1) is 12.3 Å². The Morgan fingerprint density at radius 3 is 2.76 bits per heavy atom. The van der Waals surface area contributed by atoms with Crippen LogP contribution in [0.1, 0.15) is 0 Å². The number of hydrogen-bond acceptors (Lipinski definition) is 4. The molecule has 17 heavy (non-hydrogen) atoms. The second kappa shape index (κ2) is 9.21. The van der Waals surface area contributed by atoms with Crippen LogP contribution >= 0.6 is 0 Å². The minimum absolute atomic E-state index is 0.110. The van der Waals surface area contributed by atoms with Crippen LogP contribution in [-0.4, -0.2) is 31.4 Å². The summed E-state index contributed by atoms with van der Waals surface area (Å²) in [6.45, 7) is 3.78. The zero-order valence-corrected chi connectivity index (χ0v) is 9.60. The van der Waals surface area contributed by atoms with E-state index in [1.807, 2.05) is 0 Å². The Kier molecular flexibility index (Phi) is 8.11. The van der Waals surface area contributed by atoms with Crippen molar-refractivity contribution in [2.75, 3.05) is 20.3 Å². The molecule has 0 atom stereocenters. The summed E-state index contributed by atoms with van der Waals surface area (Å²) in [6, 6.07) is 0. The minimum Gasteiger partial charge on any atom is -0.483 e. The highest BCUT2D eigenvalue weighted by molar-refractivity contribution is 5.95. The molecule has 0 aliphatic heterocycles. The van der Waals surface area contributed by atoms with E-state index in [0.29, 0.717) is 5.76 Å². The molecular formula is C12H15NO4. The van der Waals surface area contributed by atoms with E-state index in [-0.39, 0.29) is 18.8 Å². The summed E-state index contributed by atoms with van der Waals surface area (Å²) < 4.78 is 10.1. The third-order valence-electron chi connectivity index (χ3n) is 1.66.